The highest BCUT2D eigenvalue weighted by atomic mass is 32.2. The highest BCUT2D eigenvalue weighted by Gasteiger charge is 2.38. The molecule has 1 aliphatic heterocycles. The number of thiocarbonyl (C=S) groups is 1. The monoisotopic (exact) mass is 481 g/mol. The van der Waals surface area contributed by atoms with Crippen molar-refractivity contribution in [2.75, 3.05) is 13.2 Å². The van der Waals surface area contributed by atoms with Crippen LogP contribution >= 0.6 is 24.0 Å². The van der Waals surface area contributed by atoms with E-state index in [0.717, 1.165) is 17.3 Å². The molecule has 1 aliphatic rings. The highest BCUT2D eigenvalue weighted by Crippen LogP contribution is 2.39. The first kappa shape index (κ1) is 25.7. The van der Waals surface area contributed by atoms with Gasteiger partial charge in [0, 0.05) is 23.6 Å². The zero-order valence-corrected chi connectivity index (χ0v) is 19.9. The number of amides is 1. The first-order valence-electron chi connectivity index (χ1n) is 10.3. The van der Waals surface area contributed by atoms with Crippen LogP contribution in [0.3, 0.4) is 0 Å². The fraction of sp³-hybridized carbons (Fsp3) is 0.455. The van der Waals surface area contributed by atoms with Crippen LogP contribution in [0.2, 0.25) is 0 Å². The molecule has 1 saturated heterocycles. The number of rotatable bonds is 12. The van der Waals surface area contributed by atoms with Crippen molar-refractivity contribution in [1.82, 2.24) is 4.90 Å². The molecule has 2 N–H and O–H groups in total. The van der Waals surface area contributed by atoms with Gasteiger partial charge in [-0.3, -0.25) is 19.3 Å². The van der Waals surface area contributed by atoms with Crippen LogP contribution in [-0.4, -0.2) is 56.5 Å². The number of hydrogen-bond donors (Lipinski definition) is 2. The minimum atomic E-state index is -1.08. The van der Waals surface area contributed by atoms with Crippen molar-refractivity contribution in [2.45, 2.75) is 52.5 Å². The standard InChI is InChI=1S/C22H27NO7S2/c1-4-29-16-10-9-14(20(13(16)3)30-5-2)11-17-21(28)23(22(31)32-17)15(12-19(26)27)7-6-8-18(24)25/h9-11,15H,4-8,12H2,1-3H3,(H,24,25)(H,26,27). The average Bonchev–Trinajstić information content (AvgIpc) is 2.98. The molecule has 1 atom stereocenters. The van der Waals surface area contributed by atoms with Gasteiger partial charge in [0.05, 0.1) is 24.5 Å². The quantitative estimate of drug-likeness (QED) is 0.336. The molecule has 0 aromatic heterocycles. The van der Waals surface area contributed by atoms with E-state index in [1.54, 1.807) is 12.1 Å². The van der Waals surface area contributed by atoms with E-state index in [1.165, 1.54) is 4.90 Å². The van der Waals surface area contributed by atoms with E-state index in [0.29, 0.717) is 35.2 Å². The Labute approximate surface area is 196 Å². The second-order valence-corrected chi connectivity index (χ2v) is 8.74. The number of ether oxygens (including phenoxy) is 2. The smallest absolute Gasteiger partial charge is 0.305 e. The van der Waals surface area contributed by atoms with Gasteiger partial charge in [-0.2, -0.15) is 0 Å². The summed E-state index contributed by atoms with van der Waals surface area (Å²) < 4.78 is 11.7. The Kier molecular flexibility index (Phi) is 9.52. The Balaban J connectivity index is 2.35. The van der Waals surface area contributed by atoms with Gasteiger partial charge in [-0.05, 0) is 51.8 Å². The Bertz CT molecular complexity index is 929. The molecule has 0 saturated carbocycles. The molecular weight excluding hydrogens is 454 g/mol. The summed E-state index contributed by atoms with van der Waals surface area (Å²) >= 11 is 6.47. The first-order valence-corrected chi connectivity index (χ1v) is 11.5. The summed E-state index contributed by atoms with van der Waals surface area (Å²) in [6.45, 7) is 6.58. The molecule has 1 aromatic carbocycles. The highest BCUT2D eigenvalue weighted by molar-refractivity contribution is 8.26. The normalized spacial score (nSPS) is 15.8. The maximum Gasteiger partial charge on any atom is 0.305 e. The van der Waals surface area contributed by atoms with E-state index in [9.17, 15) is 19.5 Å². The third kappa shape index (κ3) is 6.46. The molecule has 0 radical (unpaired) electrons. The fourth-order valence-electron chi connectivity index (χ4n) is 3.40. The van der Waals surface area contributed by atoms with Crippen LogP contribution in [0, 0.1) is 6.92 Å². The summed E-state index contributed by atoms with van der Waals surface area (Å²) in [6.07, 6.45) is 1.73. The zero-order chi connectivity index (χ0) is 23.8. The third-order valence-electron chi connectivity index (χ3n) is 4.79. The van der Waals surface area contributed by atoms with Gasteiger partial charge < -0.3 is 19.7 Å². The number of carboxylic acid groups (broad SMARTS) is 2. The SMILES string of the molecule is CCOc1ccc(C=C2SC(=S)N(C(CCCC(=O)O)CC(=O)O)C2=O)c(OCC)c1C. The molecule has 174 valence electrons. The minimum absolute atomic E-state index is 0.107. The Morgan fingerprint density at radius 3 is 2.47 bits per heavy atom. The van der Waals surface area contributed by atoms with Crippen molar-refractivity contribution in [3.8, 4) is 11.5 Å². The summed E-state index contributed by atoms with van der Waals surface area (Å²) in [5.74, 6) is -1.15. The Morgan fingerprint density at radius 2 is 1.88 bits per heavy atom. The number of thioether (sulfide) groups is 1. The van der Waals surface area contributed by atoms with Gasteiger partial charge in [-0.1, -0.05) is 24.0 Å². The van der Waals surface area contributed by atoms with E-state index in [1.807, 2.05) is 26.8 Å². The molecule has 1 fully saturated rings. The van der Waals surface area contributed by atoms with Gasteiger partial charge in [0.2, 0.25) is 0 Å². The molecule has 0 spiro atoms. The average molecular weight is 482 g/mol. The van der Waals surface area contributed by atoms with Crippen molar-refractivity contribution in [2.24, 2.45) is 0 Å². The molecule has 1 heterocycles. The van der Waals surface area contributed by atoms with Crippen LogP contribution in [0.5, 0.6) is 11.5 Å². The number of benzene rings is 1. The van der Waals surface area contributed by atoms with Crippen molar-refractivity contribution in [1.29, 1.82) is 0 Å². The lowest BCUT2D eigenvalue weighted by molar-refractivity contribution is -0.138. The summed E-state index contributed by atoms with van der Waals surface area (Å²) in [5.41, 5.74) is 1.50. The van der Waals surface area contributed by atoms with E-state index >= 15 is 0 Å². The maximum atomic E-state index is 13.1. The molecule has 0 aliphatic carbocycles. The predicted octanol–water partition coefficient (Wildman–Crippen LogP) is 4.09. The van der Waals surface area contributed by atoms with Crippen molar-refractivity contribution >= 4 is 52.2 Å². The summed E-state index contributed by atoms with van der Waals surface area (Å²) in [4.78, 5) is 37.0. The number of carboxylic acids is 2. The van der Waals surface area contributed by atoms with Gasteiger partial charge in [-0.25, -0.2) is 0 Å². The second-order valence-electron chi connectivity index (χ2n) is 7.06. The van der Waals surface area contributed by atoms with E-state index in [-0.39, 0.29) is 30.0 Å². The Morgan fingerprint density at radius 1 is 1.19 bits per heavy atom. The summed E-state index contributed by atoms with van der Waals surface area (Å²) in [6, 6.07) is 2.91. The summed E-state index contributed by atoms with van der Waals surface area (Å²) in [5, 5.41) is 18.1. The molecule has 10 heteroatoms. The molecular formula is C22H27NO7S2. The lowest BCUT2D eigenvalue weighted by Gasteiger charge is -2.25. The van der Waals surface area contributed by atoms with Crippen molar-refractivity contribution in [3.05, 3.63) is 28.2 Å². The van der Waals surface area contributed by atoms with Crippen LogP contribution in [0.4, 0.5) is 0 Å². The van der Waals surface area contributed by atoms with Gasteiger partial charge >= 0.3 is 11.9 Å². The second kappa shape index (κ2) is 11.9. The van der Waals surface area contributed by atoms with E-state index < -0.39 is 23.9 Å². The molecule has 0 bridgehead atoms. The molecule has 1 aromatic rings. The number of hydrogen-bond acceptors (Lipinski definition) is 7. The van der Waals surface area contributed by atoms with Crippen LogP contribution in [-0.2, 0) is 14.4 Å². The van der Waals surface area contributed by atoms with Gasteiger partial charge in [-0.15, -0.1) is 0 Å². The number of aliphatic carboxylic acids is 2. The first-order chi connectivity index (χ1) is 15.2. The van der Waals surface area contributed by atoms with Gasteiger partial charge in [0.15, 0.2) is 0 Å². The maximum absolute atomic E-state index is 13.1. The number of carbonyl (C=O) groups is 3. The lowest BCUT2D eigenvalue weighted by atomic mass is 10.0. The minimum Gasteiger partial charge on any atom is -0.493 e. The zero-order valence-electron chi connectivity index (χ0n) is 18.3. The molecule has 1 amide bonds. The number of carbonyl (C=O) groups excluding carboxylic acids is 1. The van der Waals surface area contributed by atoms with Crippen molar-refractivity contribution < 1.29 is 34.1 Å². The third-order valence-corrected chi connectivity index (χ3v) is 6.12. The fourth-order valence-corrected chi connectivity index (χ4v) is 4.80. The molecule has 1 unspecified atom stereocenters. The van der Waals surface area contributed by atoms with Crippen LogP contribution < -0.4 is 9.47 Å². The van der Waals surface area contributed by atoms with Gasteiger partial charge in [0.25, 0.3) is 5.91 Å². The largest absolute Gasteiger partial charge is 0.493 e. The van der Waals surface area contributed by atoms with Crippen LogP contribution in [0.1, 0.15) is 50.7 Å². The van der Waals surface area contributed by atoms with Gasteiger partial charge in [0.1, 0.15) is 15.8 Å². The van der Waals surface area contributed by atoms with Crippen LogP contribution in [0.15, 0.2) is 17.0 Å². The molecule has 8 nitrogen and oxygen atoms in total. The van der Waals surface area contributed by atoms with E-state index in [2.05, 4.69) is 0 Å². The predicted molar refractivity (Wildman–Crippen MR) is 126 cm³/mol. The molecule has 2 rings (SSSR count). The molecule has 32 heavy (non-hydrogen) atoms. The van der Waals surface area contributed by atoms with Crippen LogP contribution in [0.25, 0.3) is 6.08 Å². The van der Waals surface area contributed by atoms with E-state index in [4.69, 9.17) is 26.8 Å². The topological polar surface area (TPSA) is 113 Å². The Hall–Kier alpha value is -2.59. The summed E-state index contributed by atoms with van der Waals surface area (Å²) in [7, 11) is 0. The lowest BCUT2D eigenvalue weighted by Crippen LogP contribution is -2.40. The van der Waals surface area contributed by atoms with Crippen molar-refractivity contribution in [3.63, 3.8) is 0 Å². The number of nitrogens with zero attached hydrogens (tertiary/aromatic N) is 1.